The number of ether oxygens (including phenoxy) is 1. The molecule has 0 aliphatic carbocycles. The van der Waals surface area contributed by atoms with Crippen molar-refractivity contribution in [3.8, 4) is 11.5 Å². The van der Waals surface area contributed by atoms with E-state index in [1.54, 1.807) is 24.3 Å². The molecule has 2 nitrogen and oxygen atoms in total. The summed E-state index contributed by atoms with van der Waals surface area (Å²) in [6, 6.07) is 9.03. The van der Waals surface area contributed by atoms with Crippen molar-refractivity contribution in [2.24, 2.45) is 0 Å². The first kappa shape index (κ1) is 12.2. The van der Waals surface area contributed by atoms with Gasteiger partial charge in [-0.2, -0.15) is 0 Å². The lowest BCUT2D eigenvalue weighted by Gasteiger charge is -2.10. The van der Waals surface area contributed by atoms with Crippen molar-refractivity contribution in [3.05, 3.63) is 51.7 Å². The fourth-order valence-electron chi connectivity index (χ4n) is 1.27. The molecule has 2 N–H and O–H groups in total. The summed E-state index contributed by atoms with van der Waals surface area (Å²) in [4.78, 5) is 0. The minimum Gasteiger partial charge on any atom is -0.454 e. The van der Waals surface area contributed by atoms with Crippen molar-refractivity contribution in [1.82, 2.24) is 0 Å². The second-order valence-electron chi connectivity index (χ2n) is 3.36. The quantitative estimate of drug-likeness (QED) is 0.821. The smallest absolute Gasteiger partial charge is 0.151 e. The third-order valence-electron chi connectivity index (χ3n) is 2.09. The topological polar surface area (TPSA) is 35.2 Å². The average Bonchev–Trinajstić information content (AvgIpc) is 2.28. The predicted octanol–water partition coefficient (Wildman–Crippen LogP) is 4.62. The van der Waals surface area contributed by atoms with Crippen LogP contribution in [0.25, 0.3) is 0 Å². The van der Waals surface area contributed by atoms with Gasteiger partial charge in [-0.1, -0.05) is 11.6 Å². The summed E-state index contributed by atoms with van der Waals surface area (Å²) < 4.78 is 19.2. The van der Waals surface area contributed by atoms with E-state index >= 15 is 0 Å². The first-order valence-electron chi connectivity index (χ1n) is 4.74. The summed E-state index contributed by atoms with van der Waals surface area (Å²) in [5.74, 6) is 0.353. The molecule has 0 saturated carbocycles. The molecular formula is C12H8BrClFNO. The highest BCUT2D eigenvalue weighted by Gasteiger charge is 2.07. The van der Waals surface area contributed by atoms with E-state index in [2.05, 4.69) is 15.9 Å². The highest BCUT2D eigenvalue weighted by molar-refractivity contribution is 9.10. The second kappa shape index (κ2) is 4.94. The molecule has 0 aliphatic heterocycles. The predicted molar refractivity (Wildman–Crippen MR) is 70.0 cm³/mol. The van der Waals surface area contributed by atoms with Crippen LogP contribution in [0.4, 0.5) is 10.1 Å². The van der Waals surface area contributed by atoms with Gasteiger partial charge in [0.25, 0.3) is 0 Å². The summed E-state index contributed by atoms with van der Waals surface area (Å²) >= 11 is 9.10. The van der Waals surface area contributed by atoms with Gasteiger partial charge >= 0.3 is 0 Å². The molecule has 0 atom stereocenters. The molecule has 0 unspecified atom stereocenters. The number of hydrogen-bond acceptors (Lipinski definition) is 2. The van der Waals surface area contributed by atoms with Crippen LogP contribution in [0, 0.1) is 5.82 Å². The summed E-state index contributed by atoms with van der Waals surface area (Å²) in [5.41, 5.74) is 6.17. The van der Waals surface area contributed by atoms with Crippen LogP contribution in [0.1, 0.15) is 0 Å². The molecule has 0 radical (unpaired) electrons. The lowest BCUT2D eigenvalue weighted by molar-refractivity contribution is 0.476. The number of hydrogen-bond donors (Lipinski definition) is 1. The van der Waals surface area contributed by atoms with Crippen molar-refractivity contribution in [3.63, 3.8) is 0 Å². The third-order valence-corrected chi connectivity index (χ3v) is 2.98. The third kappa shape index (κ3) is 2.90. The molecule has 2 rings (SSSR count). The van der Waals surface area contributed by atoms with Crippen LogP contribution in [0.5, 0.6) is 11.5 Å². The van der Waals surface area contributed by atoms with E-state index in [4.69, 9.17) is 22.1 Å². The van der Waals surface area contributed by atoms with E-state index in [1.807, 2.05) is 0 Å². The zero-order valence-corrected chi connectivity index (χ0v) is 10.9. The van der Waals surface area contributed by atoms with Gasteiger partial charge in [0.05, 0.1) is 10.2 Å². The van der Waals surface area contributed by atoms with Gasteiger partial charge in [-0.05, 0) is 40.2 Å². The van der Waals surface area contributed by atoms with Crippen molar-refractivity contribution >= 4 is 33.2 Å². The highest BCUT2D eigenvalue weighted by atomic mass is 79.9. The van der Waals surface area contributed by atoms with Crippen molar-refractivity contribution in [2.75, 3.05) is 5.73 Å². The number of rotatable bonds is 2. The summed E-state index contributed by atoms with van der Waals surface area (Å²) in [5, 5.41) is 0.502. The monoisotopic (exact) mass is 315 g/mol. The van der Waals surface area contributed by atoms with E-state index in [0.29, 0.717) is 26.7 Å². The van der Waals surface area contributed by atoms with Gasteiger partial charge < -0.3 is 10.5 Å². The summed E-state index contributed by atoms with van der Waals surface area (Å²) in [7, 11) is 0. The van der Waals surface area contributed by atoms with Crippen LogP contribution in [-0.2, 0) is 0 Å². The van der Waals surface area contributed by atoms with E-state index in [1.165, 1.54) is 12.1 Å². The Balaban J connectivity index is 2.37. The standard InChI is InChI=1S/C12H8BrClFNO/c13-9-3-2-8(15)6-11(9)17-12-5-7(14)1-4-10(12)16/h1-6H,16H2. The number of anilines is 1. The molecule has 0 aliphatic rings. The number of benzene rings is 2. The van der Waals surface area contributed by atoms with Gasteiger partial charge in [0.15, 0.2) is 5.75 Å². The van der Waals surface area contributed by atoms with Crippen molar-refractivity contribution < 1.29 is 9.13 Å². The number of nitrogen functional groups attached to an aromatic ring is 1. The van der Waals surface area contributed by atoms with Crippen LogP contribution in [0.2, 0.25) is 5.02 Å². The first-order valence-corrected chi connectivity index (χ1v) is 5.91. The maximum absolute atomic E-state index is 13.1. The molecular weight excluding hydrogens is 308 g/mol. The molecule has 0 spiro atoms. The average molecular weight is 317 g/mol. The van der Waals surface area contributed by atoms with Crippen molar-refractivity contribution in [2.45, 2.75) is 0 Å². The Bertz CT molecular complexity index is 513. The molecule has 0 aromatic heterocycles. The van der Waals surface area contributed by atoms with Crippen LogP contribution >= 0.6 is 27.5 Å². The minimum atomic E-state index is -0.385. The van der Waals surface area contributed by atoms with Crippen LogP contribution < -0.4 is 10.5 Å². The van der Waals surface area contributed by atoms with Gasteiger partial charge in [-0.3, -0.25) is 0 Å². The van der Waals surface area contributed by atoms with Crippen LogP contribution in [0.15, 0.2) is 40.9 Å². The molecule has 0 fully saturated rings. The van der Waals surface area contributed by atoms with E-state index in [-0.39, 0.29) is 5.82 Å². The van der Waals surface area contributed by atoms with Gasteiger partial charge in [0.1, 0.15) is 11.6 Å². The highest BCUT2D eigenvalue weighted by Crippen LogP contribution is 2.34. The Morgan fingerprint density at radius 3 is 2.65 bits per heavy atom. The number of halogens is 3. The molecule has 5 heteroatoms. The molecule has 0 heterocycles. The lowest BCUT2D eigenvalue weighted by atomic mass is 10.3. The Morgan fingerprint density at radius 1 is 1.12 bits per heavy atom. The summed E-state index contributed by atoms with van der Waals surface area (Å²) in [6.45, 7) is 0. The van der Waals surface area contributed by atoms with Gasteiger partial charge in [0, 0.05) is 17.2 Å². The van der Waals surface area contributed by atoms with Gasteiger partial charge in [-0.15, -0.1) is 0 Å². The van der Waals surface area contributed by atoms with E-state index < -0.39 is 0 Å². The van der Waals surface area contributed by atoms with Crippen molar-refractivity contribution in [1.29, 1.82) is 0 Å². The maximum Gasteiger partial charge on any atom is 0.151 e. The maximum atomic E-state index is 13.1. The van der Waals surface area contributed by atoms with Gasteiger partial charge in [0.2, 0.25) is 0 Å². The Labute approximate surface area is 111 Å². The largest absolute Gasteiger partial charge is 0.454 e. The SMILES string of the molecule is Nc1ccc(Cl)cc1Oc1cc(F)ccc1Br. The van der Waals surface area contributed by atoms with Crippen LogP contribution in [-0.4, -0.2) is 0 Å². The fraction of sp³-hybridized carbons (Fsp3) is 0. The molecule has 2 aromatic carbocycles. The Kier molecular flexibility index (Phi) is 3.54. The molecule has 0 bridgehead atoms. The molecule has 2 aromatic rings. The zero-order valence-electron chi connectivity index (χ0n) is 8.58. The number of nitrogens with two attached hydrogens (primary N) is 1. The minimum absolute atomic E-state index is 0.346. The Hall–Kier alpha value is -1.26. The van der Waals surface area contributed by atoms with E-state index in [0.717, 1.165) is 0 Å². The van der Waals surface area contributed by atoms with E-state index in [9.17, 15) is 4.39 Å². The van der Waals surface area contributed by atoms with Crippen LogP contribution in [0.3, 0.4) is 0 Å². The second-order valence-corrected chi connectivity index (χ2v) is 4.65. The normalized spacial score (nSPS) is 10.3. The Morgan fingerprint density at radius 2 is 1.88 bits per heavy atom. The molecule has 17 heavy (non-hydrogen) atoms. The van der Waals surface area contributed by atoms with Gasteiger partial charge in [-0.25, -0.2) is 4.39 Å². The lowest BCUT2D eigenvalue weighted by Crippen LogP contribution is -1.93. The molecule has 0 amide bonds. The molecule has 88 valence electrons. The zero-order chi connectivity index (χ0) is 12.4. The fourth-order valence-corrected chi connectivity index (χ4v) is 1.76. The first-order chi connectivity index (χ1) is 8.06. The summed E-state index contributed by atoms with van der Waals surface area (Å²) in [6.07, 6.45) is 0. The molecule has 0 saturated heterocycles.